The average molecular weight is 590 g/mol. The first kappa shape index (κ1) is 23.3. The predicted molar refractivity (Wildman–Crippen MR) is 185 cm³/mol. The average Bonchev–Trinajstić information content (AvgIpc) is 3.48. The Morgan fingerprint density at radius 1 is 0.543 bits per heavy atom. The fraction of sp³-hybridized carbons (Fsp3) is 0.0250. The van der Waals surface area contributed by atoms with Gasteiger partial charge in [0.25, 0.3) is 11.5 Å². The van der Waals surface area contributed by atoms with Gasteiger partial charge in [-0.15, -0.1) is 0 Å². The molecule has 212 valence electrons. The first-order valence-electron chi connectivity index (χ1n) is 15.4. The Balaban J connectivity index is 1.31. The topological polar surface area (TPSA) is 83.7 Å². The van der Waals surface area contributed by atoms with Crippen molar-refractivity contribution in [1.29, 1.82) is 0 Å². The maximum absolute atomic E-state index is 14.1. The normalized spacial score (nSPS) is 15.6. The first-order valence-corrected chi connectivity index (χ1v) is 15.4. The van der Waals surface area contributed by atoms with E-state index in [0.717, 1.165) is 86.6 Å². The van der Waals surface area contributed by atoms with Crippen molar-refractivity contribution in [2.24, 2.45) is 0 Å². The summed E-state index contributed by atoms with van der Waals surface area (Å²) in [6.07, 6.45) is -1.04. The highest BCUT2D eigenvalue weighted by molar-refractivity contribution is 6.44. The van der Waals surface area contributed by atoms with E-state index in [1.54, 1.807) is 4.40 Å². The lowest BCUT2D eigenvalue weighted by atomic mass is 9.81. The maximum Gasteiger partial charge on any atom is 0.264 e. The van der Waals surface area contributed by atoms with Gasteiger partial charge in [0.2, 0.25) is 0 Å². The molecule has 1 aliphatic rings. The molecule has 46 heavy (non-hydrogen) atoms. The molecule has 1 atom stereocenters. The molecule has 1 aliphatic heterocycles. The van der Waals surface area contributed by atoms with Gasteiger partial charge in [0.05, 0.1) is 11.0 Å². The minimum absolute atomic E-state index is 0.0497. The standard InChI is InChI=1S/C40H19N3O3/c44-38-26-14-10-22-18-6-5-17-21-9-13-25-35-28(40(46)43-30-4-2-1-3-29(30)41-37(25)43)16-12-24(33(21)35)20-8-7-19(32(18)31(17)20)23-11-15-27(39(45)42-38)36(26)34(22)23/h1-16,39,45H,(H,42,44). The number of hydrogen-bond acceptors (Lipinski definition) is 4. The number of carbonyl (C=O) groups is 1. The van der Waals surface area contributed by atoms with Crippen LogP contribution in [-0.4, -0.2) is 20.4 Å². The van der Waals surface area contributed by atoms with Crippen molar-refractivity contribution in [3.8, 4) is 0 Å². The fourth-order valence-corrected chi connectivity index (χ4v) is 8.90. The predicted octanol–water partition coefficient (Wildman–Crippen LogP) is 8.12. The number of rotatable bonds is 0. The van der Waals surface area contributed by atoms with E-state index in [9.17, 15) is 14.7 Å². The number of imidazole rings is 1. The highest BCUT2D eigenvalue weighted by atomic mass is 16.3. The number of fused-ring (bicyclic) bond motifs is 8. The van der Waals surface area contributed by atoms with E-state index in [1.807, 2.05) is 42.5 Å². The Bertz CT molecular complexity index is 3220. The van der Waals surface area contributed by atoms with Gasteiger partial charge in [-0.25, -0.2) is 4.98 Å². The number of aliphatic hydroxyl groups is 1. The van der Waals surface area contributed by atoms with Gasteiger partial charge in [-0.3, -0.25) is 14.0 Å². The molecular weight excluding hydrogens is 570 g/mol. The minimum atomic E-state index is -1.04. The minimum Gasteiger partial charge on any atom is -0.369 e. The van der Waals surface area contributed by atoms with E-state index in [1.165, 1.54) is 10.8 Å². The summed E-state index contributed by atoms with van der Waals surface area (Å²) >= 11 is 0. The van der Waals surface area contributed by atoms with Crippen LogP contribution >= 0.6 is 0 Å². The first-order chi connectivity index (χ1) is 22.6. The molecule has 2 aromatic heterocycles. The lowest BCUT2D eigenvalue weighted by Gasteiger charge is -2.26. The van der Waals surface area contributed by atoms with E-state index in [-0.39, 0.29) is 11.5 Å². The molecule has 6 nitrogen and oxygen atoms in total. The van der Waals surface area contributed by atoms with Crippen LogP contribution in [0.15, 0.2) is 102 Å². The zero-order valence-electron chi connectivity index (χ0n) is 24.0. The van der Waals surface area contributed by atoms with Crippen molar-refractivity contribution >= 4 is 109 Å². The van der Waals surface area contributed by atoms with E-state index >= 15 is 0 Å². The molecule has 11 aromatic rings. The van der Waals surface area contributed by atoms with Crippen LogP contribution in [-0.2, 0) is 0 Å². The van der Waals surface area contributed by atoms with Crippen molar-refractivity contribution in [3.05, 3.63) is 119 Å². The van der Waals surface area contributed by atoms with Crippen molar-refractivity contribution in [2.75, 3.05) is 0 Å². The number of amides is 1. The van der Waals surface area contributed by atoms with Gasteiger partial charge >= 0.3 is 0 Å². The summed E-state index contributed by atoms with van der Waals surface area (Å²) in [6, 6.07) is 33.0. The summed E-state index contributed by atoms with van der Waals surface area (Å²) < 4.78 is 1.76. The molecule has 9 aromatic carbocycles. The Morgan fingerprint density at radius 3 is 1.65 bits per heavy atom. The van der Waals surface area contributed by atoms with Crippen LogP contribution in [0.3, 0.4) is 0 Å². The maximum atomic E-state index is 14.1. The molecule has 0 saturated carbocycles. The summed E-state index contributed by atoms with van der Waals surface area (Å²) in [6.45, 7) is 0. The second-order valence-corrected chi connectivity index (χ2v) is 12.7. The molecule has 0 saturated heterocycles. The number of carbonyl (C=O) groups excluding carboxylic acids is 1. The molecule has 1 unspecified atom stereocenters. The fourth-order valence-electron chi connectivity index (χ4n) is 8.90. The number of nitrogens with zero attached hydrogens (tertiary/aromatic N) is 2. The van der Waals surface area contributed by atoms with Gasteiger partial charge in [-0.05, 0) is 95.0 Å². The van der Waals surface area contributed by atoms with E-state index in [2.05, 4.69) is 59.9 Å². The van der Waals surface area contributed by atoms with Gasteiger partial charge < -0.3 is 10.4 Å². The van der Waals surface area contributed by atoms with E-state index < -0.39 is 6.23 Å². The van der Waals surface area contributed by atoms with Gasteiger partial charge in [0.15, 0.2) is 6.23 Å². The van der Waals surface area contributed by atoms with Crippen LogP contribution in [0.5, 0.6) is 0 Å². The van der Waals surface area contributed by atoms with Crippen LogP contribution in [0.4, 0.5) is 0 Å². The molecule has 0 aliphatic carbocycles. The number of aliphatic hydroxyl groups excluding tert-OH is 1. The number of benzene rings is 9. The highest BCUT2D eigenvalue weighted by Gasteiger charge is 2.28. The Labute approximate surface area is 257 Å². The molecule has 1 amide bonds. The molecular formula is C40H19N3O3. The van der Waals surface area contributed by atoms with E-state index in [4.69, 9.17) is 4.98 Å². The van der Waals surface area contributed by atoms with Crippen LogP contribution in [0.1, 0.15) is 22.1 Å². The van der Waals surface area contributed by atoms with E-state index in [0.29, 0.717) is 16.6 Å². The number of nitrogens with one attached hydrogen (secondary N) is 1. The van der Waals surface area contributed by atoms with Crippen LogP contribution in [0.25, 0.3) is 103 Å². The summed E-state index contributed by atoms with van der Waals surface area (Å²) in [5, 5.41) is 30.2. The smallest absolute Gasteiger partial charge is 0.264 e. The summed E-state index contributed by atoms with van der Waals surface area (Å²) in [5.74, 6) is -0.259. The van der Waals surface area contributed by atoms with Crippen molar-refractivity contribution in [1.82, 2.24) is 14.7 Å². The van der Waals surface area contributed by atoms with Crippen molar-refractivity contribution < 1.29 is 9.90 Å². The molecule has 0 spiro atoms. The second-order valence-electron chi connectivity index (χ2n) is 12.7. The monoisotopic (exact) mass is 589 g/mol. The number of para-hydroxylation sites is 2. The molecule has 12 rings (SSSR count). The Hall–Kier alpha value is -6.11. The summed E-state index contributed by atoms with van der Waals surface area (Å²) in [5.41, 5.74) is 3.58. The zero-order valence-corrected chi connectivity index (χ0v) is 24.0. The van der Waals surface area contributed by atoms with Crippen LogP contribution < -0.4 is 10.9 Å². The molecule has 3 heterocycles. The van der Waals surface area contributed by atoms with Gasteiger partial charge in [-0.2, -0.15) is 0 Å². The molecule has 0 fully saturated rings. The largest absolute Gasteiger partial charge is 0.369 e. The Morgan fingerprint density at radius 2 is 1.02 bits per heavy atom. The quantitative estimate of drug-likeness (QED) is 0.138. The third-order valence-corrected chi connectivity index (χ3v) is 10.7. The van der Waals surface area contributed by atoms with Crippen molar-refractivity contribution in [2.45, 2.75) is 6.23 Å². The third kappa shape index (κ3) is 2.39. The third-order valence-electron chi connectivity index (χ3n) is 10.7. The van der Waals surface area contributed by atoms with Gasteiger partial charge in [0, 0.05) is 32.7 Å². The number of hydrogen-bond donors (Lipinski definition) is 2. The highest BCUT2D eigenvalue weighted by Crippen LogP contribution is 2.49. The number of aromatic nitrogens is 2. The second kappa shape index (κ2) is 7.40. The summed E-state index contributed by atoms with van der Waals surface area (Å²) in [4.78, 5) is 31.9. The molecule has 6 heteroatoms. The van der Waals surface area contributed by atoms with Crippen molar-refractivity contribution in [3.63, 3.8) is 0 Å². The molecule has 0 bridgehead atoms. The SMILES string of the molecule is O=C1NC(O)c2ccc3c4ccc5c6ccc7c(=O)n8c9ccccc9nc8c8ccc(c9ccc(c%10ccc1c2c3%10)c4c59)c6c78. The Kier molecular flexibility index (Phi) is 3.75. The lowest BCUT2D eigenvalue weighted by Crippen LogP contribution is -2.32. The molecule has 2 N–H and O–H groups in total. The summed E-state index contributed by atoms with van der Waals surface area (Å²) in [7, 11) is 0. The number of pyridine rings is 1. The lowest BCUT2D eigenvalue weighted by molar-refractivity contribution is 0.0773. The van der Waals surface area contributed by atoms with Crippen LogP contribution in [0, 0.1) is 0 Å². The van der Waals surface area contributed by atoms with Crippen LogP contribution in [0.2, 0.25) is 0 Å². The van der Waals surface area contributed by atoms with Gasteiger partial charge in [-0.1, -0.05) is 66.7 Å². The molecule has 0 radical (unpaired) electrons. The zero-order chi connectivity index (χ0) is 30.2. The van der Waals surface area contributed by atoms with Gasteiger partial charge in [0.1, 0.15) is 5.65 Å².